The molecule has 1 amide bonds. The number of piperazine rings is 1. The molecule has 4 nitrogen and oxygen atoms in total. The van der Waals surface area contributed by atoms with Crippen molar-refractivity contribution in [3.63, 3.8) is 0 Å². The van der Waals surface area contributed by atoms with E-state index in [4.69, 9.17) is 0 Å². The fourth-order valence-corrected chi connectivity index (χ4v) is 3.03. The first-order chi connectivity index (χ1) is 11.5. The van der Waals surface area contributed by atoms with Crippen molar-refractivity contribution in [1.82, 2.24) is 10.2 Å². The first kappa shape index (κ1) is 18.7. The number of carbonyl (C=O) groups excluding carboxylic acids is 1. The topological polar surface area (TPSA) is 35.6 Å². The molecule has 0 saturated carbocycles. The zero-order valence-corrected chi connectivity index (χ0v) is 15.1. The average molecular weight is 335 g/mol. The number of benzene rings is 1. The van der Waals surface area contributed by atoms with Crippen molar-refractivity contribution in [2.24, 2.45) is 5.92 Å². The predicted molar refractivity (Wildman–Crippen MR) is 96.7 cm³/mol. The van der Waals surface area contributed by atoms with Crippen LogP contribution in [0, 0.1) is 11.7 Å². The van der Waals surface area contributed by atoms with E-state index in [1.807, 2.05) is 12.1 Å². The summed E-state index contributed by atoms with van der Waals surface area (Å²) in [5.41, 5.74) is 0.656. The predicted octanol–water partition coefficient (Wildman–Crippen LogP) is 2.89. The van der Waals surface area contributed by atoms with Crippen molar-refractivity contribution >= 4 is 11.6 Å². The van der Waals surface area contributed by atoms with Gasteiger partial charge in [0.2, 0.25) is 5.91 Å². The molecule has 1 unspecified atom stereocenters. The maximum atomic E-state index is 13.8. The molecule has 134 valence electrons. The molecule has 0 bridgehead atoms. The lowest BCUT2D eigenvalue weighted by Crippen LogP contribution is -2.50. The van der Waals surface area contributed by atoms with Gasteiger partial charge in [0.25, 0.3) is 0 Å². The molecule has 1 aromatic carbocycles. The minimum absolute atomic E-state index is 0.0885. The quantitative estimate of drug-likeness (QED) is 0.832. The fraction of sp³-hybridized carbons (Fsp3) is 0.632. The van der Waals surface area contributed by atoms with Crippen LogP contribution in [0.3, 0.4) is 0 Å². The van der Waals surface area contributed by atoms with Gasteiger partial charge in [0.05, 0.1) is 12.2 Å². The van der Waals surface area contributed by atoms with Gasteiger partial charge in [-0.25, -0.2) is 4.39 Å². The van der Waals surface area contributed by atoms with Gasteiger partial charge in [-0.1, -0.05) is 26.0 Å². The van der Waals surface area contributed by atoms with Gasteiger partial charge < -0.3 is 10.2 Å². The summed E-state index contributed by atoms with van der Waals surface area (Å²) in [4.78, 5) is 16.3. The van der Waals surface area contributed by atoms with Crippen LogP contribution in [0.5, 0.6) is 0 Å². The van der Waals surface area contributed by atoms with Crippen molar-refractivity contribution in [2.45, 2.75) is 39.7 Å². The van der Waals surface area contributed by atoms with Gasteiger partial charge >= 0.3 is 0 Å². The Hall–Kier alpha value is -1.62. The summed E-state index contributed by atoms with van der Waals surface area (Å²) in [6.45, 7) is 9.94. The lowest BCUT2D eigenvalue weighted by atomic mass is 10.0. The molecule has 1 atom stereocenters. The smallest absolute Gasteiger partial charge is 0.234 e. The number of hydrogen-bond acceptors (Lipinski definition) is 3. The molecule has 1 N–H and O–H groups in total. The second-order valence-corrected chi connectivity index (χ2v) is 7.15. The van der Waals surface area contributed by atoms with Crippen molar-refractivity contribution in [3.8, 4) is 0 Å². The molecule has 1 aliphatic rings. The Morgan fingerprint density at radius 3 is 2.42 bits per heavy atom. The Morgan fingerprint density at radius 1 is 1.12 bits per heavy atom. The molecule has 24 heavy (non-hydrogen) atoms. The number of halogens is 1. The van der Waals surface area contributed by atoms with Gasteiger partial charge in [-0.2, -0.15) is 0 Å². The van der Waals surface area contributed by atoms with E-state index in [1.54, 1.807) is 6.07 Å². The maximum absolute atomic E-state index is 13.8. The maximum Gasteiger partial charge on any atom is 0.234 e. The lowest BCUT2D eigenvalue weighted by molar-refractivity contribution is -0.123. The second kappa shape index (κ2) is 9.02. The normalized spacial score (nSPS) is 17.1. The van der Waals surface area contributed by atoms with Crippen LogP contribution in [0.4, 0.5) is 10.1 Å². The third-order valence-corrected chi connectivity index (χ3v) is 4.52. The minimum atomic E-state index is -0.178. The molecule has 0 radical (unpaired) electrons. The number of nitrogens with one attached hydrogen (secondary N) is 1. The summed E-state index contributed by atoms with van der Waals surface area (Å²) < 4.78 is 13.8. The lowest BCUT2D eigenvalue weighted by Gasteiger charge is -2.36. The highest BCUT2D eigenvalue weighted by Crippen LogP contribution is 2.20. The summed E-state index contributed by atoms with van der Waals surface area (Å²) >= 11 is 0. The summed E-state index contributed by atoms with van der Waals surface area (Å²) in [5, 5.41) is 3.08. The number of anilines is 1. The van der Waals surface area contributed by atoms with Crippen molar-refractivity contribution in [3.05, 3.63) is 30.1 Å². The molecule has 0 spiro atoms. The van der Waals surface area contributed by atoms with E-state index in [1.165, 1.54) is 6.07 Å². The second-order valence-electron chi connectivity index (χ2n) is 7.15. The number of nitrogens with zero attached hydrogens (tertiary/aromatic N) is 2. The monoisotopic (exact) mass is 335 g/mol. The number of rotatable bonds is 7. The fourth-order valence-electron chi connectivity index (χ4n) is 3.03. The van der Waals surface area contributed by atoms with Crippen molar-refractivity contribution in [1.29, 1.82) is 0 Å². The van der Waals surface area contributed by atoms with Gasteiger partial charge in [0, 0.05) is 32.2 Å². The van der Waals surface area contributed by atoms with Gasteiger partial charge in [-0.3, -0.25) is 9.69 Å². The molecular weight excluding hydrogens is 305 g/mol. The highest BCUT2D eigenvalue weighted by atomic mass is 19.1. The molecule has 1 aromatic rings. The van der Waals surface area contributed by atoms with E-state index in [2.05, 4.69) is 35.9 Å². The van der Waals surface area contributed by atoms with Gasteiger partial charge in [-0.05, 0) is 37.8 Å². The van der Waals surface area contributed by atoms with Gasteiger partial charge in [0.1, 0.15) is 5.82 Å². The van der Waals surface area contributed by atoms with E-state index < -0.39 is 0 Å². The largest absolute Gasteiger partial charge is 0.367 e. The Labute approximate surface area is 145 Å². The van der Waals surface area contributed by atoms with E-state index in [9.17, 15) is 9.18 Å². The highest BCUT2D eigenvalue weighted by Gasteiger charge is 2.21. The van der Waals surface area contributed by atoms with Crippen LogP contribution in [-0.2, 0) is 4.79 Å². The van der Waals surface area contributed by atoms with Crippen LogP contribution in [0.1, 0.15) is 33.6 Å². The average Bonchev–Trinajstić information content (AvgIpc) is 2.54. The summed E-state index contributed by atoms with van der Waals surface area (Å²) in [6, 6.07) is 7.10. The first-order valence-corrected chi connectivity index (χ1v) is 8.97. The van der Waals surface area contributed by atoms with Crippen LogP contribution >= 0.6 is 0 Å². The zero-order valence-electron chi connectivity index (χ0n) is 15.1. The summed E-state index contributed by atoms with van der Waals surface area (Å²) in [7, 11) is 0. The molecule has 1 aliphatic heterocycles. The number of para-hydroxylation sites is 1. The van der Waals surface area contributed by atoms with E-state index in [-0.39, 0.29) is 17.8 Å². The molecule has 1 fully saturated rings. The van der Waals surface area contributed by atoms with Crippen LogP contribution in [0.2, 0.25) is 0 Å². The molecule has 5 heteroatoms. The Balaban J connectivity index is 1.73. The molecule has 1 saturated heterocycles. The third kappa shape index (κ3) is 5.78. The number of amides is 1. The zero-order chi connectivity index (χ0) is 17.5. The van der Waals surface area contributed by atoms with Crippen LogP contribution in [0.25, 0.3) is 0 Å². The molecule has 0 aliphatic carbocycles. The van der Waals surface area contributed by atoms with Crippen LogP contribution < -0.4 is 10.2 Å². The van der Waals surface area contributed by atoms with Crippen LogP contribution in [-0.4, -0.2) is 49.6 Å². The molecule has 2 rings (SSSR count). The van der Waals surface area contributed by atoms with Gasteiger partial charge in [-0.15, -0.1) is 0 Å². The first-order valence-electron chi connectivity index (χ1n) is 8.97. The van der Waals surface area contributed by atoms with E-state index in [0.29, 0.717) is 18.2 Å². The van der Waals surface area contributed by atoms with Crippen molar-refractivity contribution < 1.29 is 9.18 Å². The van der Waals surface area contributed by atoms with Gasteiger partial charge in [0.15, 0.2) is 0 Å². The Kier molecular flexibility index (Phi) is 7.03. The molecule has 1 heterocycles. The Bertz CT molecular complexity index is 527. The van der Waals surface area contributed by atoms with E-state index >= 15 is 0 Å². The standard InChI is InChI=1S/C19H30FN3O/c1-15(2)8-9-16(3)21-19(24)14-22-10-12-23(13-11-22)18-7-5-4-6-17(18)20/h4-7,15-16H,8-14H2,1-3H3,(H,21,24). The van der Waals surface area contributed by atoms with Crippen LogP contribution in [0.15, 0.2) is 24.3 Å². The SMILES string of the molecule is CC(C)CCC(C)NC(=O)CN1CCN(c2ccccc2F)CC1. The van der Waals surface area contributed by atoms with Crippen molar-refractivity contribution in [2.75, 3.05) is 37.6 Å². The molecule has 0 aromatic heterocycles. The molecular formula is C19H30FN3O. The number of carbonyl (C=O) groups is 1. The Morgan fingerprint density at radius 2 is 1.79 bits per heavy atom. The van der Waals surface area contributed by atoms with E-state index in [0.717, 1.165) is 39.0 Å². The summed E-state index contributed by atoms with van der Waals surface area (Å²) in [5.74, 6) is 0.573. The summed E-state index contributed by atoms with van der Waals surface area (Å²) in [6.07, 6.45) is 2.15. The highest BCUT2D eigenvalue weighted by molar-refractivity contribution is 5.78. The third-order valence-electron chi connectivity index (χ3n) is 4.52. The number of hydrogen-bond donors (Lipinski definition) is 1. The minimum Gasteiger partial charge on any atom is -0.367 e.